The number of rotatable bonds is 6. The summed E-state index contributed by atoms with van der Waals surface area (Å²) < 4.78 is 12.2. The third-order valence-electron chi connectivity index (χ3n) is 15.5. The normalized spacial score (nSPS) is 37.6. The highest BCUT2D eigenvalue weighted by Crippen LogP contribution is 2.63. The molecule has 14 heteroatoms. The number of aliphatic hydroxyl groups is 3. The zero-order chi connectivity index (χ0) is 40.9. The van der Waals surface area contributed by atoms with Crippen LogP contribution >= 0.6 is 0 Å². The maximum atomic E-state index is 15.2. The number of nitrogens with zero attached hydrogens (tertiary/aromatic N) is 6. The predicted octanol–water partition coefficient (Wildman–Crippen LogP) is 4.55. The van der Waals surface area contributed by atoms with Crippen molar-refractivity contribution in [3.8, 4) is 5.75 Å². The maximum absolute atomic E-state index is 15.2. The van der Waals surface area contributed by atoms with Gasteiger partial charge in [-0.1, -0.05) is 44.2 Å². The maximum Gasteiger partial charge on any atom is 0.322 e. The van der Waals surface area contributed by atoms with Gasteiger partial charge in [0, 0.05) is 89.4 Å². The average Bonchev–Trinajstić information content (AvgIpc) is 3.62. The second-order valence-electron chi connectivity index (χ2n) is 17.9. The van der Waals surface area contributed by atoms with Gasteiger partial charge in [0.1, 0.15) is 17.3 Å². The van der Waals surface area contributed by atoms with Gasteiger partial charge in [0.05, 0.1) is 25.9 Å². The van der Waals surface area contributed by atoms with Gasteiger partial charge in [-0.3, -0.25) is 19.4 Å². The zero-order valence-corrected chi connectivity index (χ0v) is 34.0. The van der Waals surface area contributed by atoms with Crippen LogP contribution in [0.4, 0.5) is 5.69 Å². The molecule has 58 heavy (non-hydrogen) atoms. The van der Waals surface area contributed by atoms with Crippen molar-refractivity contribution in [1.82, 2.24) is 14.8 Å². The number of carbonyl (C=O) groups excluding carboxylic acids is 2. The molecule has 6 unspecified atom stereocenters. The number of aliphatic hydroxyl groups excluding tert-OH is 1. The van der Waals surface area contributed by atoms with Gasteiger partial charge in [-0.2, -0.15) is 0 Å². The van der Waals surface area contributed by atoms with Crippen molar-refractivity contribution in [2.24, 2.45) is 22.4 Å². The highest BCUT2D eigenvalue weighted by molar-refractivity contribution is 5.94. The quantitative estimate of drug-likeness (QED) is 0.0908. The Hall–Kier alpha value is -4.43. The number of aromatic amines is 1. The first kappa shape index (κ1) is 39.1. The SMILES string of the molecule is CCC1(O)CC2CN(CCc3c([nH]c4ccccc34)[C@@](C(=O)OC)(c3cc4c(cc3OC)N(C)C3[C@H]5C4CCN4CC=C[C@](CC)(C54)[C@@H](O)[C@]3(O)C(=O)N=[N+]=[N-])C2)C1. The number of hydrogen-bond acceptors (Lipinski definition) is 10. The number of likely N-dealkylation sites (N-methyl/N-ethyl adjacent to an activating group) is 1. The number of piperidine rings is 2. The van der Waals surface area contributed by atoms with E-state index in [1.54, 1.807) is 7.11 Å². The topological polar surface area (TPSA) is 188 Å². The van der Waals surface area contributed by atoms with E-state index in [1.807, 2.05) is 62.2 Å². The van der Waals surface area contributed by atoms with Gasteiger partial charge in [-0.05, 0) is 90.8 Å². The summed E-state index contributed by atoms with van der Waals surface area (Å²) in [6.45, 7) is 7.37. The number of ether oxygens (including phenoxy) is 2. The molecule has 1 amide bonds. The molecule has 2 bridgehead atoms. The molecule has 2 aromatic carbocycles. The van der Waals surface area contributed by atoms with E-state index in [2.05, 4.69) is 36.9 Å². The first-order valence-electron chi connectivity index (χ1n) is 20.9. The Morgan fingerprint density at radius 2 is 1.88 bits per heavy atom. The number of esters is 1. The molecule has 1 aromatic heterocycles. The summed E-state index contributed by atoms with van der Waals surface area (Å²) in [5, 5.41) is 41.5. The molecular weight excluding hydrogens is 739 g/mol. The molecule has 0 spiro atoms. The van der Waals surface area contributed by atoms with E-state index in [0.29, 0.717) is 75.2 Å². The highest BCUT2D eigenvalue weighted by atomic mass is 16.5. The average molecular weight is 794 g/mol. The monoisotopic (exact) mass is 793 g/mol. The second-order valence-corrected chi connectivity index (χ2v) is 17.9. The summed E-state index contributed by atoms with van der Waals surface area (Å²) >= 11 is 0. The molecule has 9 rings (SSSR count). The van der Waals surface area contributed by atoms with Gasteiger partial charge in [0.15, 0.2) is 5.60 Å². The molecule has 11 atom stereocenters. The molecule has 14 nitrogen and oxygen atoms in total. The standard InChI is InChI=1S/C44H55N7O7/c1-6-41(55)21-25-22-43(40(54)58-5,35-28(13-17-50(23-25)24-41)26-11-8-9-12-31(26)46-35)30-19-29-27-14-18-51-16-10-15-42(7-2)36(51)34(27)37(49(3)32(29)20-33(30)57-4)44(56,38(42)52)39(53)47-48-45/h8-12,15,19-20,25,27,34,36-38,46,52,55-56H,6-7,13-14,16-18,21-24H2,1-5H3/t25?,27?,34-,36?,37?,38+,41?,42+,43-,44-/m0/s1. The first-order valence-corrected chi connectivity index (χ1v) is 20.9. The van der Waals surface area contributed by atoms with Gasteiger partial charge in [-0.25, -0.2) is 0 Å². The lowest BCUT2D eigenvalue weighted by atomic mass is 9.48. The lowest BCUT2D eigenvalue weighted by molar-refractivity contribution is -0.216. The lowest BCUT2D eigenvalue weighted by Gasteiger charge is -2.68. The number of para-hydroxylation sites is 1. The Balaban J connectivity index is 1.32. The molecule has 1 saturated carbocycles. The van der Waals surface area contributed by atoms with Crippen molar-refractivity contribution in [2.45, 2.75) is 93.1 Å². The molecule has 4 N–H and O–H groups in total. The minimum Gasteiger partial charge on any atom is -0.496 e. The van der Waals surface area contributed by atoms with Gasteiger partial charge >= 0.3 is 5.97 Å². The minimum atomic E-state index is -2.43. The molecular formula is C44H55N7O7. The van der Waals surface area contributed by atoms with E-state index in [0.717, 1.165) is 40.8 Å². The molecule has 2 saturated heterocycles. The van der Waals surface area contributed by atoms with Gasteiger partial charge in [0.25, 0.3) is 5.91 Å². The van der Waals surface area contributed by atoms with E-state index < -0.39 is 46.1 Å². The molecule has 308 valence electrons. The predicted molar refractivity (Wildman–Crippen MR) is 218 cm³/mol. The van der Waals surface area contributed by atoms with E-state index in [-0.39, 0.29) is 23.8 Å². The van der Waals surface area contributed by atoms with Crippen LogP contribution in [0.3, 0.4) is 0 Å². The van der Waals surface area contributed by atoms with Crippen molar-refractivity contribution < 1.29 is 34.4 Å². The van der Waals surface area contributed by atoms with Crippen molar-refractivity contribution in [3.05, 3.63) is 81.4 Å². The zero-order valence-electron chi connectivity index (χ0n) is 34.0. The van der Waals surface area contributed by atoms with Crippen LogP contribution in [0.25, 0.3) is 21.3 Å². The lowest BCUT2D eigenvalue weighted by Crippen LogP contribution is -2.81. The van der Waals surface area contributed by atoms with Crippen LogP contribution in [0, 0.1) is 17.3 Å². The van der Waals surface area contributed by atoms with Crippen LogP contribution in [0.1, 0.15) is 74.3 Å². The second kappa shape index (κ2) is 13.8. The fourth-order valence-electron chi connectivity index (χ4n) is 13.1. The number of azide groups is 1. The van der Waals surface area contributed by atoms with Gasteiger partial charge in [-0.15, -0.1) is 0 Å². The molecule has 3 aromatic rings. The van der Waals surface area contributed by atoms with E-state index >= 15 is 4.79 Å². The molecule has 6 heterocycles. The number of anilines is 1. The van der Waals surface area contributed by atoms with Gasteiger partial charge < -0.3 is 34.7 Å². The van der Waals surface area contributed by atoms with Crippen LogP contribution in [0.15, 0.2) is 53.7 Å². The molecule has 3 fully saturated rings. The summed E-state index contributed by atoms with van der Waals surface area (Å²) in [4.78, 5) is 42.2. The number of hydrogen-bond donors (Lipinski definition) is 4. The largest absolute Gasteiger partial charge is 0.496 e. The van der Waals surface area contributed by atoms with Gasteiger partial charge in [0.2, 0.25) is 0 Å². The first-order chi connectivity index (χ1) is 27.8. The molecule has 0 radical (unpaired) electrons. The molecule has 1 aliphatic carbocycles. The Morgan fingerprint density at radius 1 is 1.09 bits per heavy atom. The summed E-state index contributed by atoms with van der Waals surface area (Å²) in [7, 11) is 4.82. The summed E-state index contributed by atoms with van der Waals surface area (Å²) in [6.07, 6.45) is 5.66. The highest BCUT2D eigenvalue weighted by Gasteiger charge is 2.72. The number of fused-ring (bicyclic) bond motifs is 7. The number of benzene rings is 2. The Labute approximate surface area is 338 Å². The number of carbonyl (C=O) groups is 2. The number of nitrogens with one attached hydrogen (secondary N) is 1. The number of aromatic nitrogens is 1. The van der Waals surface area contributed by atoms with E-state index in [9.17, 15) is 25.6 Å². The minimum absolute atomic E-state index is 0.0769. The number of H-pyrrole nitrogens is 1. The van der Waals surface area contributed by atoms with Crippen LogP contribution in [-0.4, -0.2) is 125 Å². The van der Waals surface area contributed by atoms with Crippen molar-refractivity contribution in [2.75, 3.05) is 58.9 Å². The Kier molecular flexibility index (Phi) is 9.31. The fourth-order valence-corrected chi connectivity index (χ4v) is 13.1. The van der Waals surface area contributed by atoms with Crippen molar-refractivity contribution in [3.63, 3.8) is 0 Å². The van der Waals surface area contributed by atoms with Crippen molar-refractivity contribution in [1.29, 1.82) is 0 Å². The van der Waals surface area contributed by atoms with Crippen LogP contribution in [0.5, 0.6) is 5.75 Å². The third kappa shape index (κ3) is 5.18. The summed E-state index contributed by atoms with van der Waals surface area (Å²) in [5.41, 5.74) is 8.75. The number of amides is 1. The molecule has 6 aliphatic rings. The third-order valence-corrected chi connectivity index (χ3v) is 15.5. The number of methoxy groups -OCH3 is 2. The van der Waals surface area contributed by atoms with Crippen molar-refractivity contribution >= 4 is 28.5 Å². The fraction of sp³-hybridized carbons (Fsp3) is 0.591. The Bertz CT molecular complexity index is 2250. The summed E-state index contributed by atoms with van der Waals surface area (Å²) in [6, 6.07) is 10.9. The molecule has 5 aliphatic heterocycles. The smallest absolute Gasteiger partial charge is 0.322 e. The van der Waals surface area contributed by atoms with Crippen LogP contribution < -0.4 is 9.64 Å². The Morgan fingerprint density at radius 3 is 2.60 bits per heavy atom. The van der Waals surface area contributed by atoms with Crippen LogP contribution in [0.2, 0.25) is 0 Å². The van der Waals surface area contributed by atoms with E-state index in [4.69, 9.17) is 9.47 Å². The summed E-state index contributed by atoms with van der Waals surface area (Å²) in [5.74, 6) is -1.78. The van der Waals surface area contributed by atoms with E-state index in [1.165, 1.54) is 7.11 Å². The van der Waals surface area contributed by atoms with Crippen LogP contribution in [-0.2, 0) is 26.2 Å².